The Morgan fingerprint density at radius 1 is 0.962 bits per heavy atom. The number of amidine groups is 1. The molecule has 5 nitrogen and oxygen atoms in total. The summed E-state index contributed by atoms with van der Waals surface area (Å²) in [6.45, 7) is 2.57. The van der Waals surface area contributed by atoms with Crippen LogP contribution in [0.5, 0.6) is 5.75 Å². The van der Waals surface area contributed by atoms with Gasteiger partial charge in [-0.15, -0.1) is 0 Å². The summed E-state index contributed by atoms with van der Waals surface area (Å²) in [5.74, 6) is 1.50. The van der Waals surface area contributed by atoms with Gasteiger partial charge >= 0.3 is 0 Å². The number of nitrogens with zero attached hydrogens (tertiary/aromatic N) is 3. The molecule has 0 aliphatic carbocycles. The Balaban J connectivity index is 1.86. The third-order valence-corrected chi connectivity index (χ3v) is 4.02. The number of fused-ring (bicyclic) bond motifs is 1. The van der Waals surface area contributed by atoms with Crippen molar-refractivity contribution in [3.05, 3.63) is 89.7 Å². The highest BCUT2D eigenvalue weighted by molar-refractivity contribution is 6.18. The van der Waals surface area contributed by atoms with Gasteiger partial charge in [0.2, 0.25) is 0 Å². The number of ether oxygens (including phenoxy) is 1. The number of rotatable bonds is 4. The van der Waals surface area contributed by atoms with Crippen molar-refractivity contribution in [1.82, 2.24) is 10.4 Å². The van der Waals surface area contributed by atoms with Crippen LogP contribution < -0.4 is 10.2 Å². The molecule has 0 unspecified atom stereocenters. The second-order valence-electron chi connectivity index (χ2n) is 5.75. The zero-order valence-corrected chi connectivity index (χ0v) is 14.4. The largest absolute Gasteiger partial charge is 0.494 e. The van der Waals surface area contributed by atoms with E-state index in [0.29, 0.717) is 12.4 Å². The van der Waals surface area contributed by atoms with Gasteiger partial charge in [-0.3, -0.25) is 10.4 Å². The van der Waals surface area contributed by atoms with Crippen LogP contribution in [0.2, 0.25) is 0 Å². The minimum Gasteiger partial charge on any atom is -0.494 e. The number of aliphatic imine (C=N–C) groups is 1. The van der Waals surface area contributed by atoms with Crippen LogP contribution in [0, 0.1) is 0 Å². The molecule has 2 heterocycles. The maximum atomic E-state index is 5.67. The molecule has 0 amide bonds. The number of pyridine rings is 1. The van der Waals surface area contributed by atoms with Gasteiger partial charge in [0.15, 0.2) is 5.84 Å². The van der Waals surface area contributed by atoms with Crippen LogP contribution in [-0.4, -0.2) is 23.1 Å². The molecule has 2 aromatic carbocycles. The number of nitrogens with one attached hydrogen (secondary N) is 1. The summed E-state index contributed by atoms with van der Waals surface area (Å²) in [4.78, 5) is 9.02. The minimum atomic E-state index is 0.606. The highest BCUT2D eigenvalue weighted by atomic mass is 16.5. The normalized spacial score (nSPS) is 13.0. The Hall–Kier alpha value is -3.47. The molecule has 1 aliphatic rings. The Labute approximate surface area is 152 Å². The van der Waals surface area contributed by atoms with Crippen LogP contribution in [0.15, 0.2) is 83.2 Å². The summed E-state index contributed by atoms with van der Waals surface area (Å²) in [5, 5.41) is 4.63. The van der Waals surface area contributed by atoms with Crippen LogP contribution in [0.4, 0.5) is 5.69 Å². The maximum absolute atomic E-state index is 5.67. The number of hydrogen-bond acceptors (Lipinski definition) is 5. The van der Waals surface area contributed by atoms with E-state index in [1.165, 1.54) is 0 Å². The number of hydrogen-bond donors (Lipinski definition) is 1. The average Bonchev–Trinajstić information content (AvgIpc) is 2.89. The third-order valence-electron chi connectivity index (χ3n) is 4.02. The predicted octanol–water partition coefficient (Wildman–Crippen LogP) is 3.91. The molecule has 4 rings (SSSR count). The fourth-order valence-electron chi connectivity index (χ4n) is 2.82. The van der Waals surface area contributed by atoms with Crippen molar-refractivity contribution in [1.29, 1.82) is 0 Å². The lowest BCUT2D eigenvalue weighted by Crippen LogP contribution is -2.19. The van der Waals surface area contributed by atoms with Crippen molar-refractivity contribution in [3.63, 3.8) is 0 Å². The lowest BCUT2D eigenvalue weighted by molar-refractivity contribution is 0.340. The van der Waals surface area contributed by atoms with Gasteiger partial charge in [0.05, 0.1) is 12.3 Å². The fourth-order valence-corrected chi connectivity index (χ4v) is 2.82. The van der Waals surface area contributed by atoms with E-state index < -0.39 is 0 Å². The predicted molar refractivity (Wildman–Crippen MR) is 103 cm³/mol. The molecular formula is C21H18N4O. The molecule has 0 saturated carbocycles. The SMILES string of the molecule is CCOc1ccc2c(c1)C(c1cccnc1)=NNC(c1ccccc1)=N2. The first-order valence-electron chi connectivity index (χ1n) is 8.50. The molecule has 0 radical (unpaired) electrons. The lowest BCUT2D eigenvalue weighted by atomic mass is 10.0. The zero-order valence-electron chi connectivity index (χ0n) is 14.4. The molecular weight excluding hydrogens is 324 g/mol. The zero-order chi connectivity index (χ0) is 17.8. The lowest BCUT2D eigenvalue weighted by Gasteiger charge is -2.10. The molecule has 5 heteroatoms. The van der Waals surface area contributed by atoms with Crippen molar-refractivity contribution in [2.24, 2.45) is 10.1 Å². The molecule has 0 spiro atoms. The molecule has 0 fully saturated rings. The molecule has 0 bridgehead atoms. The van der Waals surface area contributed by atoms with Crippen molar-refractivity contribution in [2.75, 3.05) is 6.61 Å². The van der Waals surface area contributed by atoms with E-state index in [-0.39, 0.29) is 0 Å². The summed E-state index contributed by atoms with van der Waals surface area (Å²) >= 11 is 0. The van der Waals surface area contributed by atoms with E-state index >= 15 is 0 Å². The van der Waals surface area contributed by atoms with E-state index in [1.807, 2.05) is 67.6 Å². The first kappa shape index (κ1) is 16.0. The minimum absolute atomic E-state index is 0.606. The van der Waals surface area contributed by atoms with E-state index in [4.69, 9.17) is 9.73 Å². The van der Waals surface area contributed by atoms with Gasteiger partial charge in [0, 0.05) is 29.1 Å². The van der Waals surface area contributed by atoms with Gasteiger partial charge < -0.3 is 4.74 Å². The monoisotopic (exact) mass is 342 g/mol. The first-order chi connectivity index (χ1) is 12.8. The molecule has 3 aromatic rings. The molecule has 1 N–H and O–H groups in total. The van der Waals surface area contributed by atoms with Gasteiger partial charge in [0.25, 0.3) is 0 Å². The standard InChI is InChI=1S/C21H18N4O/c1-2-26-17-10-11-19-18(13-17)20(16-9-6-12-22-14-16)24-25-21(23-19)15-7-4-3-5-8-15/h3-14H,2H2,1H3,(H,23,25). The Morgan fingerprint density at radius 3 is 2.58 bits per heavy atom. The second kappa shape index (κ2) is 7.19. The van der Waals surface area contributed by atoms with Gasteiger partial charge in [0.1, 0.15) is 11.5 Å². The van der Waals surface area contributed by atoms with Crippen molar-refractivity contribution < 1.29 is 4.74 Å². The summed E-state index contributed by atoms with van der Waals surface area (Å²) < 4.78 is 5.67. The molecule has 0 atom stereocenters. The smallest absolute Gasteiger partial charge is 0.154 e. The highest BCUT2D eigenvalue weighted by Crippen LogP contribution is 2.29. The van der Waals surface area contributed by atoms with Gasteiger partial charge in [-0.1, -0.05) is 30.3 Å². The highest BCUT2D eigenvalue weighted by Gasteiger charge is 2.18. The summed E-state index contributed by atoms with van der Waals surface area (Å²) in [6, 6.07) is 19.7. The summed E-state index contributed by atoms with van der Waals surface area (Å²) in [6.07, 6.45) is 3.54. The second-order valence-corrected chi connectivity index (χ2v) is 5.75. The first-order valence-corrected chi connectivity index (χ1v) is 8.50. The molecule has 1 aliphatic heterocycles. The topological polar surface area (TPSA) is 58.9 Å². The van der Waals surface area contributed by atoms with Crippen LogP contribution in [0.1, 0.15) is 23.6 Å². The maximum Gasteiger partial charge on any atom is 0.154 e. The van der Waals surface area contributed by atoms with Gasteiger partial charge in [-0.05, 0) is 37.3 Å². The number of benzene rings is 2. The van der Waals surface area contributed by atoms with Crippen LogP contribution in [0.25, 0.3) is 0 Å². The molecule has 1 aromatic heterocycles. The molecule has 128 valence electrons. The Bertz CT molecular complexity index is 966. The Morgan fingerprint density at radius 2 is 1.81 bits per heavy atom. The van der Waals surface area contributed by atoms with Crippen LogP contribution >= 0.6 is 0 Å². The van der Waals surface area contributed by atoms with Crippen molar-refractivity contribution in [2.45, 2.75) is 6.92 Å². The average molecular weight is 342 g/mol. The quantitative estimate of drug-likeness (QED) is 0.782. The van der Waals surface area contributed by atoms with Crippen LogP contribution in [0.3, 0.4) is 0 Å². The van der Waals surface area contributed by atoms with E-state index in [2.05, 4.69) is 15.5 Å². The fraction of sp³-hybridized carbons (Fsp3) is 0.0952. The van der Waals surface area contributed by atoms with Gasteiger partial charge in [-0.2, -0.15) is 5.10 Å². The van der Waals surface area contributed by atoms with E-state index in [1.54, 1.807) is 12.4 Å². The van der Waals surface area contributed by atoms with E-state index in [9.17, 15) is 0 Å². The summed E-state index contributed by atoms with van der Waals surface area (Å²) in [5.41, 5.74) is 7.53. The number of aromatic nitrogens is 1. The van der Waals surface area contributed by atoms with Crippen molar-refractivity contribution >= 4 is 17.2 Å². The molecule has 26 heavy (non-hydrogen) atoms. The van der Waals surface area contributed by atoms with E-state index in [0.717, 1.165) is 33.8 Å². The summed E-state index contributed by atoms with van der Waals surface area (Å²) in [7, 11) is 0. The van der Waals surface area contributed by atoms with Gasteiger partial charge in [-0.25, -0.2) is 4.99 Å². The van der Waals surface area contributed by atoms with Crippen molar-refractivity contribution in [3.8, 4) is 5.75 Å². The molecule has 0 saturated heterocycles. The Kier molecular flexibility index (Phi) is 4.43. The third kappa shape index (κ3) is 3.19. The van der Waals surface area contributed by atoms with Crippen LogP contribution in [-0.2, 0) is 0 Å². The number of hydrazone groups is 1.